The van der Waals surface area contributed by atoms with Crippen LogP contribution < -0.4 is 20.7 Å². The van der Waals surface area contributed by atoms with Crippen LogP contribution in [0.25, 0.3) is 22.3 Å². The molecular weight excluding hydrogens is 745 g/mol. The van der Waals surface area contributed by atoms with Crippen molar-refractivity contribution in [2.24, 2.45) is 5.92 Å². The Bertz CT molecular complexity index is 2010. The number of ether oxygens (including phenoxy) is 2. The first-order valence-electron chi connectivity index (χ1n) is 21.0. The van der Waals surface area contributed by atoms with E-state index < -0.39 is 47.6 Å². The van der Waals surface area contributed by atoms with Gasteiger partial charge in [-0.3, -0.25) is 9.59 Å². The average molecular weight is 799 g/mol. The number of anilines is 1. The van der Waals surface area contributed by atoms with Gasteiger partial charge in [0.25, 0.3) is 0 Å². The van der Waals surface area contributed by atoms with Crippen molar-refractivity contribution in [3.8, 4) is 17.1 Å². The van der Waals surface area contributed by atoms with Crippen LogP contribution in [0.3, 0.4) is 0 Å². The molecule has 1 saturated heterocycles. The van der Waals surface area contributed by atoms with Crippen molar-refractivity contribution in [1.29, 1.82) is 0 Å². The van der Waals surface area contributed by atoms with E-state index in [1.54, 1.807) is 11.3 Å². The Labute approximate surface area is 337 Å². The highest BCUT2D eigenvalue weighted by molar-refractivity contribution is 7.14. The molecule has 4 fully saturated rings. The lowest BCUT2D eigenvalue weighted by Crippen LogP contribution is -2.56. The standard InChI is InChI=1S/C43H54N6O7S/c1-26-18-19-31-33(20-26)45-34(35-25-57-41(46-35)44-28-13-7-5-8-14-28)22-37(31)55-30-21-36-38(50)48-43(40(52)53)23-27(43)12-6-3-2-4-9-17-32(39(51)49(36)24-30)47-42(54)56-29-15-10-11-16-29/h6,12,18-20,22,25,27-30,32,36H,2-5,7-11,13-17,21,23-24H2,1H3,(H,44,46)(H,47,54)(H,48,50)(H,52,53)/b12-6-/t27-,30-,32+,36+,43-/m1/s1. The third-order valence-corrected chi connectivity index (χ3v) is 13.2. The number of pyridine rings is 1. The van der Waals surface area contributed by atoms with Gasteiger partial charge in [-0.15, -0.1) is 11.3 Å². The van der Waals surface area contributed by atoms with Crippen LogP contribution in [-0.4, -0.2) is 86.3 Å². The summed E-state index contributed by atoms with van der Waals surface area (Å²) in [6.07, 6.45) is 15.9. The molecule has 3 saturated carbocycles. The number of nitrogens with zero attached hydrogens (tertiary/aromatic N) is 3. The minimum Gasteiger partial charge on any atom is -0.488 e. The summed E-state index contributed by atoms with van der Waals surface area (Å²) in [7, 11) is 0. The molecule has 5 aliphatic rings. The molecule has 2 aromatic heterocycles. The molecule has 14 heteroatoms. The monoisotopic (exact) mass is 798 g/mol. The molecule has 3 amide bonds. The highest BCUT2D eigenvalue weighted by atomic mass is 32.1. The second-order valence-corrected chi connectivity index (χ2v) is 17.5. The topological polar surface area (TPSA) is 172 Å². The Kier molecular flexibility index (Phi) is 11.7. The van der Waals surface area contributed by atoms with Crippen LogP contribution in [0.2, 0.25) is 0 Å². The summed E-state index contributed by atoms with van der Waals surface area (Å²) in [6, 6.07) is 6.31. The SMILES string of the molecule is Cc1ccc2c(O[C@@H]3C[C@H]4C(=O)N[C@]5(C(=O)O)C[C@H]5/C=C\CCCCC[C@H](NC(=O)OC5CCCC5)C(=O)N4C3)cc(-c3csc(NC4CCCCC4)n3)nc2c1. The number of allylic oxidation sites excluding steroid dienone is 1. The molecule has 4 N–H and O–H groups in total. The van der Waals surface area contributed by atoms with Crippen molar-refractivity contribution in [2.45, 2.75) is 146 Å². The van der Waals surface area contributed by atoms with Gasteiger partial charge < -0.3 is 35.4 Å². The van der Waals surface area contributed by atoms with Gasteiger partial charge >= 0.3 is 12.1 Å². The lowest BCUT2D eigenvalue weighted by atomic mass is 9.96. The van der Waals surface area contributed by atoms with Gasteiger partial charge in [-0.05, 0) is 88.8 Å². The molecule has 3 aliphatic carbocycles. The average Bonchev–Trinajstić information content (AvgIpc) is 3.62. The summed E-state index contributed by atoms with van der Waals surface area (Å²) in [5.41, 5.74) is 1.72. The zero-order valence-corrected chi connectivity index (χ0v) is 33.5. The minimum atomic E-state index is -1.43. The fraction of sp³-hybridized carbons (Fsp3) is 0.581. The number of benzene rings is 1. The van der Waals surface area contributed by atoms with E-state index in [0.29, 0.717) is 30.3 Å². The Morgan fingerprint density at radius 3 is 2.53 bits per heavy atom. The fourth-order valence-corrected chi connectivity index (χ4v) is 9.86. The van der Waals surface area contributed by atoms with Gasteiger partial charge in [0.05, 0.1) is 17.8 Å². The maximum atomic E-state index is 14.6. The smallest absolute Gasteiger partial charge is 0.408 e. The van der Waals surface area contributed by atoms with Crippen LogP contribution in [0.5, 0.6) is 5.75 Å². The van der Waals surface area contributed by atoms with Crippen molar-refractivity contribution in [3.05, 3.63) is 47.4 Å². The van der Waals surface area contributed by atoms with Crippen LogP contribution in [-0.2, 0) is 19.1 Å². The number of hydrogen-bond donors (Lipinski definition) is 4. The number of carbonyl (C=O) groups excluding carboxylic acids is 3. The maximum Gasteiger partial charge on any atom is 0.408 e. The second-order valence-electron chi connectivity index (χ2n) is 16.7. The summed E-state index contributed by atoms with van der Waals surface area (Å²) in [5, 5.41) is 23.2. The quantitative estimate of drug-likeness (QED) is 0.170. The summed E-state index contributed by atoms with van der Waals surface area (Å²) < 4.78 is 12.5. The van der Waals surface area contributed by atoms with Gasteiger partial charge in [-0.1, -0.05) is 50.3 Å². The van der Waals surface area contributed by atoms with Gasteiger partial charge in [0.1, 0.15) is 41.3 Å². The lowest BCUT2D eigenvalue weighted by Gasteiger charge is -2.29. The van der Waals surface area contributed by atoms with Crippen LogP contribution in [0.15, 0.2) is 41.8 Å². The zero-order chi connectivity index (χ0) is 39.5. The highest BCUT2D eigenvalue weighted by Crippen LogP contribution is 2.45. The summed E-state index contributed by atoms with van der Waals surface area (Å²) in [4.78, 5) is 66.0. The predicted octanol–water partition coefficient (Wildman–Crippen LogP) is 7.28. The lowest BCUT2D eigenvalue weighted by molar-refractivity contribution is -0.145. The fourth-order valence-electron chi connectivity index (χ4n) is 9.07. The number of aryl methyl sites for hydroxylation is 1. The van der Waals surface area contributed by atoms with E-state index in [4.69, 9.17) is 19.4 Å². The molecule has 8 rings (SSSR count). The number of aromatic nitrogens is 2. The largest absolute Gasteiger partial charge is 0.488 e. The van der Waals surface area contributed by atoms with Crippen molar-refractivity contribution < 1.29 is 33.8 Å². The zero-order valence-electron chi connectivity index (χ0n) is 32.7. The van der Waals surface area contributed by atoms with Gasteiger partial charge in [0.2, 0.25) is 11.8 Å². The van der Waals surface area contributed by atoms with E-state index in [-0.39, 0.29) is 31.4 Å². The maximum absolute atomic E-state index is 14.6. The number of carboxylic acids is 1. The molecular formula is C43H54N6O7S. The number of alkyl carbamates (subject to hydrolysis) is 1. The third kappa shape index (κ3) is 8.90. The molecule has 0 unspecified atom stereocenters. The number of amides is 3. The first-order valence-corrected chi connectivity index (χ1v) is 21.8. The summed E-state index contributed by atoms with van der Waals surface area (Å²) in [6.45, 7) is 2.07. The van der Waals surface area contributed by atoms with Crippen LogP contribution in [0.4, 0.5) is 9.93 Å². The molecule has 1 aromatic carbocycles. The number of hydrogen-bond acceptors (Lipinski definition) is 10. The van der Waals surface area contributed by atoms with Gasteiger partial charge in [0, 0.05) is 35.2 Å². The van der Waals surface area contributed by atoms with E-state index >= 15 is 0 Å². The summed E-state index contributed by atoms with van der Waals surface area (Å²) >= 11 is 1.55. The molecule has 0 spiro atoms. The van der Waals surface area contributed by atoms with Gasteiger partial charge in [-0.25, -0.2) is 19.6 Å². The van der Waals surface area contributed by atoms with E-state index in [2.05, 4.69) is 16.0 Å². The predicted molar refractivity (Wildman–Crippen MR) is 217 cm³/mol. The molecule has 5 atom stereocenters. The number of carboxylic acid groups (broad SMARTS) is 1. The number of rotatable bonds is 8. The second kappa shape index (κ2) is 17.0. The molecule has 57 heavy (non-hydrogen) atoms. The number of carbonyl (C=O) groups is 4. The molecule has 2 aliphatic heterocycles. The van der Waals surface area contributed by atoms with Crippen LogP contribution >= 0.6 is 11.3 Å². The Balaban J connectivity index is 1.08. The van der Waals surface area contributed by atoms with Crippen molar-refractivity contribution in [1.82, 2.24) is 25.5 Å². The number of aliphatic carboxylic acids is 1. The molecule has 0 bridgehead atoms. The van der Waals surface area contributed by atoms with Crippen molar-refractivity contribution in [2.75, 3.05) is 11.9 Å². The van der Waals surface area contributed by atoms with Crippen LogP contribution in [0, 0.1) is 12.8 Å². The van der Waals surface area contributed by atoms with E-state index in [1.807, 2.05) is 48.7 Å². The summed E-state index contributed by atoms with van der Waals surface area (Å²) in [5.74, 6) is -1.85. The highest BCUT2D eigenvalue weighted by Gasteiger charge is 2.61. The van der Waals surface area contributed by atoms with E-state index in [0.717, 1.165) is 85.1 Å². The molecule has 304 valence electrons. The molecule has 13 nitrogen and oxygen atoms in total. The number of nitrogens with one attached hydrogen (secondary N) is 3. The minimum absolute atomic E-state index is 0.0628. The molecule has 4 heterocycles. The van der Waals surface area contributed by atoms with Gasteiger partial charge in [-0.2, -0.15) is 0 Å². The molecule has 0 radical (unpaired) electrons. The Morgan fingerprint density at radius 2 is 1.72 bits per heavy atom. The first-order chi connectivity index (χ1) is 27.6. The van der Waals surface area contributed by atoms with E-state index in [9.17, 15) is 24.3 Å². The Hall–Kier alpha value is -4.72. The number of fused-ring (bicyclic) bond motifs is 3. The Morgan fingerprint density at radius 1 is 0.947 bits per heavy atom. The number of thiazole rings is 1. The third-order valence-electron chi connectivity index (χ3n) is 12.4. The van der Waals surface area contributed by atoms with E-state index in [1.165, 1.54) is 24.2 Å². The molecule has 3 aromatic rings. The van der Waals surface area contributed by atoms with Crippen molar-refractivity contribution in [3.63, 3.8) is 0 Å². The normalized spacial score (nSPS) is 28.1. The first kappa shape index (κ1) is 39.1. The van der Waals surface area contributed by atoms with Crippen LogP contribution in [0.1, 0.15) is 108 Å². The van der Waals surface area contributed by atoms with Crippen molar-refractivity contribution >= 4 is 51.2 Å². The van der Waals surface area contributed by atoms with Gasteiger partial charge in [0.15, 0.2) is 5.13 Å².